The Bertz CT molecular complexity index is 639. The van der Waals surface area contributed by atoms with Crippen LogP contribution in [0.1, 0.15) is 11.3 Å². The van der Waals surface area contributed by atoms with Gasteiger partial charge in [0.15, 0.2) is 0 Å². The molecule has 2 heterocycles. The van der Waals surface area contributed by atoms with Crippen molar-refractivity contribution in [3.8, 4) is 0 Å². The normalized spacial score (nSPS) is 12.5. The molecule has 0 saturated heterocycles. The van der Waals surface area contributed by atoms with E-state index in [0.717, 1.165) is 16.9 Å². The van der Waals surface area contributed by atoms with Crippen molar-refractivity contribution in [1.82, 2.24) is 15.3 Å². The molecule has 0 fully saturated rings. The molecular weight excluding hydrogens is 252 g/mol. The number of rotatable bonds is 2. The fourth-order valence-electron chi connectivity index (χ4n) is 1.94. The summed E-state index contributed by atoms with van der Waals surface area (Å²) in [6, 6.07) is 13.2. The van der Waals surface area contributed by atoms with Crippen molar-refractivity contribution in [2.75, 3.05) is 5.43 Å². The summed E-state index contributed by atoms with van der Waals surface area (Å²) in [5.74, 6) is 0. The number of hydrogen-bond donors (Lipinski definition) is 2. The number of hydrogen-bond acceptors (Lipinski definition) is 3. The fraction of sp³-hybridized carbons (Fsp3) is 0.0667. The van der Waals surface area contributed by atoms with E-state index in [1.165, 1.54) is 5.01 Å². The molecule has 0 unspecified atom stereocenters. The molecule has 2 amide bonds. The lowest BCUT2D eigenvalue weighted by Crippen LogP contribution is -2.40. The number of aromatic nitrogens is 1. The first-order valence-electron chi connectivity index (χ1n) is 6.34. The molecule has 2 aromatic rings. The molecule has 0 aliphatic carbocycles. The molecule has 3 rings (SSSR count). The zero-order valence-corrected chi connectivity index (χ0v) is 10.8. The van der Waals surface area contributed by atoms with Crippen molar-refractivity contribution in [2.45, 2.75) is 6.54 Å². The van der Waals surface area contributed by atoms with E-state index in [4.69, 9.17) is 0 Å². The van der Waals surface area contributed by atoms with Crippen LogP contribution < -0.4 is 10.7 Å². The Hall–Kier alpha value is -2.82. The van der Waals surface area contributed by atoms with Gasteiger partial charge in [0.1, 0.15) is 0 Å². The Balaban J connectivity index is 1.62. The third-order valence-corrected chi connectivity index (χ3v) is 2.97. The third kappa shape index (κ3) is 2.61. The van der Waals surface area contributed by atoms with Crippen molar-refractivity contribution in [3.63, 3.8) is 0 Å². The minimum Gasteiger partial charge on any atom is -0.331 e. The van der Waals surface area contributed by atoms with Gasteiger partial charge < -0.3 is 5.32 Å². The van der Waals surface area contributed by atoms with Crippen LogP contribution in [0.3, 0.4) is 0 Å². The van der Waals surface area contributed by atoms with Gasteiger partial charge in [-0.1, -0.05) is 24.3 Å². The summed E-state index contributed by atoms with van der Waals surface area (Å²) >= 11 is 0. The molecule has 2 N–H and O–H groups in total. The van der Waals surface area contributed by atoms with E-state index in [9.17, 15) is 4.79 Å². The molecule has 1 aromatic carbocycles. The maximum Gasteiger partial charge on any atom is 0.340 e. The zero-order valence-electron chi connectivity index (χ0n) is 10.8. The zero-order chi connectivity index (χ0) is 13.8. The number of nitrogens with one attached hydrogen (secondary N) is 2. The van der Waals surface area contributed by atoms with Gasteiger partial charge in [0.2, 0.25) is 0 Å². The highest BCUT2D eigenvalue weighted by Crippen LogP contribution is 2.21. The van der Waals surface area contributed by atoms with Gasteiger partial charge in [0.05, 0.1) is 17.9 Å². The van der Waals surface area contributed by atoms with Gasteiger partial charge in [0.25, 0.3) is 0 Å². The number of amides is 2. The maximum absolute atomic E-state index is 12.1. The molecule has 0 bridgehead atoms. The number of nitrogens with zero attached hydrogens (tertiary/aromatic N) is 2. The second-order valence-corrected chi connectivity index (χ2v) is 4.36. The third-order valence-electron chi connectivity index (χ3n) is 2.97. The molecule has 1 aliphatic heterocycles. The van der Waals surface area contributed by atoms with E-state index in [1.54, 1.807) is 12.4 Å². The highest BCUT2D eigenvalue weighted by atomic mass is 16.2. The van der Waals surface area contributed by atoms with Crippen LogP contribution in [-0.4, -0.2) is 16.0 Å². The van der Waals surface area contributed by atoms with E-state index < -0.39 is 0 Å². The van der Waals surface area contributed by atoms with Crippen molar-refractivity contribution >= 4 is 17.8 Å². The number of pyridine rings is 1. The molecule has 5 heteroatoms. The van der Waals surface area contributed by atoms with E-state index in [1.807, 2.05) is 48.5 Å². The van der Waals surface area contributed by atoms with Gasteiger partial charge in [-0.2, -0.15) is 0 Å². The number of benzene rings is 1. The minimum atomic E-state index is -0.221. The SMILES string of the molecule is O=C(NCc1ccccn1)N1C=Cc2ccccc2N1. The summed E-state index contributed by atoms with van der Waals surface area (Å²) in [6.45, 7) is 0.396. The van der Waals surface area contributed by atoms with Crippen molar-refractivity contribution in [2.24, 2.45) is 0 Å². The van der Waals surface area contributed by atoms with Crippen LogP contribution in [0.5, 0.6) is 0 Å². The van der Waals surface area contributed by atoms with Gasteiger partial charge in [0, 0.05) is 18.0 Å². The molecule has 100 valence electrons. The van der Waals surface area contributed by atoms with E-state index in [2.05, 4.69) is 15.7 Å². The lowest BCUT2D eigenvalue weighted by atomic mass is 10.1. The molecule has 20 heavy (non-hydrogen) atoms. The van der Waals surface area contributed by atoms with Crippen LogP contribution in [0.2, 0.25) is 0 Å². The van der Waals surface area contributed by atoms with Gasteiger partial charge in [-0.25, -0.2) is 9.80 Å². The predicted octanol–water partition coefficient (Wildman–Crippen LogP) is 2.60. The van der Waals surface area contributed by atoms with Crippen LogP contribution >= 0.6 is 0 Å². The summed E-state index contributed by atoms with van der Waals surface area (Å²) in [5.41, 5.74) is 5.83. The summed E-state index contributed by atoms with van der Waals surface area (Å²) in [5, 5.41) is 4.23. The van der Waals surface area contributed by atoms with Crippen LogP contribution in [0, 0.1) is 0 Å². The summed E-state index contributed by atoms with van der Waals surface area (Å²) in [7, 11) is 0. The second-order valence-electron chi connectivity index (χ2n) is 4.36. The number of anilines is 1. The quantitative estimate of drug-likeness (QED) is 0.878. The smallest absolute Gasteiger partial charge is 0.331 e. The van der Waals surface area contributed by atoms with Crippen LogP contribution in [0.25, 0.3) is 6.08 Å². The second kappa shape index (κ2) is 5.44. The van der Waals surface area contributed by atoms with Gasteiger partial charge in [-0.05, 0) is 24.3 Å². The minimum absolute atomic E-state index is 0.221. The summed E-state index contributed by atoms with van der Waals surface area (Å²) in [6.07, 6.45) is 5.30. The topological polar surface area (TPSA) is 57.3 Å². The maximum atomic E-state index is 12.1. The Kier molecular flexibility index (Phi) is 3.33. The molecule has 5 nitrogen and oxygen atoms in total. The highest BCUT2D eigenvalue weighted by Gasteiger charge is 2.15. The molecule has 0 radical (unpaired) electrons. The molecule has 1 aliphatic rings. The fourth-order valence-corrected chi connectivity index (χ4v) is 1.94. The Morgan fingerprint density at radius 1 is 1.20 bits per heavy atom. The molecule has 0 atom stereocenters. The molecule has 0 saturated carbocycles. The van der Waals surface area contributed by atoms with E-state index in [-0.39, 0.29) is 6.03 Å². The number of carbonyl (C=O) groups excluding carboxylic acids is 1. The highest BCUT2D eigenvalue weighted by molar-refractivity contribution is 5.81. The first-order chi connectivity index (χ1) is 9.83. The van der Waals surface area contributed by atoms with Crippen molar-refractivity contribution in [1.29, 1.82) is 0 Å². The largest absolute Gasteiger partial charge is 0.340 e. The number of para-hydroxylation sites is 1. The molecule has 0 spiro atoms. The lowest BCUT2D eigenvalue weighted by Gasteiger charge is -2.25. The Morgan fingerprint density at radius 3 is 2.90 bits per heavy atom. The van der Waals surface area contributed by atoms with Crippen LogP contribution in [-0.2, 0) is 6.54 Å². The van der Waals surface area contributed by atoms with Gasteiger partial charge in [-0.15, -0.1) is 0 Å². The first-order valence-corrected chi connectivity index (χ1v) is 6.34. The Labute approximate surface area is 116 Å². The first kappa shape index (κ1) is 12.2. The van der Waals surface area contributed by atoms with Crippen LogP contribution in [0.4, 0.5) is 10.5 Å². The monoisotopic (exact) mass is 266 g/mol. The Morgan fingerprint density at radius 2 is 2.05 bits per heavy atom. The molecule has 1 aromatic heterocycles. The van der Waals surface area contributed by atoms with Crippen molar-refractivity contribution < 1.29 is 4.79 Å². The average Bonchev–Trinajstić information content (AvgIpc) is 2.53. The average molecular weight is 266 g/mol. The van der Waals surface area contributed by atoms with Crippen LogP contribution in [0.15, 0.2) is 54.9 Å². The van der Waals surface area contributed by atoms with Gasteiger partial charge in [-0.3, -0.25) is 10.4 Å². The summed E-state index contributed by atoms with van der Waals surface area (Å²) in [4.78, 5) is 16.2. The number of hydrazine groups is 1. The molecular formula is C15H14N4O. The predicted molar refractivity (Wildman–Crippen MR) is 77.4 cm³/mol. The van der Waals surface area contributed by atoms with E-state index >= 15 is 0 Å². The van der Waals surface area contributed by atoms with Gasteiger partial charge >= 0.3 is 6.03 Å². The standard InChI is InChI=1S/C15H14N4O/c20-15(17-11-13-6-3-4-9-16-13)19-10-8-12-5-1-2-7-14(12)18-19/h1-10,18H,11H2,(H,17,20). The number of urea groups is 1. The lowest BCUT2D eigenvalue weighted by molar-refractivity contribution is 0.221. The summed E-state index contributed by atoms with van der Waals surface area (Å²) < 4.78 is 0. The number of carbonyl (C=O) groups is 1. The van der Waals surface area contributed by atoms with E-state index in [0.29, 0.717) is 6.54 Å². The number of fused-ring (bicyclic) bond motifs is 1. The van der Waals surface area contributed by atoms with Crippen molar-refractivity contribution in [3.05, 3.63) is 66.1 Å².